The number of ketones is 2. The maximum atomic E-state index is 12.4. The summed E-state index contributed by atoms with van der Waals surface area (Å²) in [7, 11) is 0. The van der Waals surface area contributed by atoms with Gasteiger partial charge in [0.25, 0.3) is 0 Å². The number of hydrogen-bond donors (Lipinski definition) is 1. The Kier molecular flexibility index (Phi) is 7.11. The lowest BCUT2D eigenvalue weighted by molar-refractivity contribution is -0.140. The second-order valence-corrected chi connectivity index (χ2v) is 7.76. The van der Waals surface area contributed by atoms with Crippen molar-refractivity contribution in [1.82, 2.24) is 10.2 Å². The fraction of sp³-hybridized carbons (Fsp3) is 0.778. The third-order valence-electron chi connectivity index (χ3n) is 4.36. The summed E-state index contributed by atoms with van der Waals surface area (Å²) >= 11 is 0. The Morgan fingerprint density at radius 2 is 1.75 bits per heavy atom. The Bertz CT molecular complexity index is 506. The Hall–Kier alpha value is -1.72. The summed E-state index contributed by atoms with van der Waals surface area (Å²) in [5, 5.41) is 2.63. The highest BCUT2D eigenvalue weighted by molar-refractivity contribution is 5.93. The van der Waals surface area contributed by atoms with Crippen molar-refractivity contribution in [1.29, 1.82) is 0 Å². The van der Waals surface area contributed by atoms with Crippen LogP contribution in [-0.2, 0) is 19.2 Å². The maximum absolute atomic E-state index is 12.4. The zero-order valence-corrected chi connectivity index (χ0v) is 15.5. The molecule has 0 unspecified atom stereocenters. The van der Waals surface area contributed by atoms with E-state index in [2.05, 4.69) is 5.32 Å². The van der Waals surface area contributed by atoms with Crippen molar-refractivity contribution in [2.75, 3.05) is 13.1 Å². The lowest BCUT2D eigenvalue weighted by atomic mass is 9.88. The molecule has 1 atom stereocenters. The minimum Gasteiger partial charge on any atom is -0.347 e. The second kappa shape index (κ2) is 8.40. The van der Waals surface area contributed by atoms with Crippen molar-refractivity contribution in [2.45, 2.75) is 66.3 Å². The first-order valence-electron chi connectivity index (χ1n) is 8.67. The lowest BCUT2D eigenvalue weighted by Crippen LogP contribution is -2.47. The van der Waals surface area contributed by atoms with Crippen LogP contribution in [-0.4, -0.2) is 47.4 Å². The van der Waals surface area contributed by atoms with Crippen molar-refractivity contribution in [3.8, 4) is 0 Å². The molecule has 0 bridgehead atoms. The molecule has 0 aromatic rings. The standard InChI is InChI=1S/C18H30N2O4/c1-12(2)14(21)11-19-17(24)13-7-6-10-20(13)16(23)9-8-15(22)18(3,4)5/h12-13H,6-11H2,1-5H3,(H,19,24)/t13-/m0/s1. The lowest BCUT2D eigenvalue weighted by Gasteiger charge is -2.24. The highest BCUT2D eigenvalue weighted by Crippen LogP contribution is 2.21. The van der Waals surface area contributed by atoms with E-state index in [0.717, 1.165) is 6.42 Å². The molecule has 136 valence electrons. The molecule has 0 aromatic heterocycles. The molecule has 0 spiro atoms. The predicted molar refractivity (Wildman–Crippen MR) is 91.3 cm³/mol. The predicted octanol–water partition coefficient (Wildman–Crippen LogP) is 1.71. The largest absolute Gasteiger partial charge is 0.347 e. The molecule has 1 aliphatic heterocycles. The summed E-state index contributed by atoms with van der Waals surface area (Å²) in [5.41, 5.74) is -0.459. The number of nitrogens with one attached hydrogen (secondary N) is 1. The second-order valence-electron chi connectivity index (χ2n) is 7.76. The van der Waals surface area contributed by atoms with Gasteiger partial charge in [0.15, 0.2) is 5.78 Å². The van der Waals surface area contributed by atoms with Gasteiger partial charge in [-0.05, 0) is 12.8 Å². The molecule has 1 N–H and O–H groups in total. The number of Topliss-reactive ketones (excluding diaryl/α,β-unsaturated/α-hetero) is 2. The number of rotatable bonds is 7. The van der Waals surface area contributed by atoms with Crippen LogP contribution in [0.2, 0.25) is 0 Å². The van der Waals surface area contributed by atoms with E-state index in [0.29, 0.717) is 13.0 Å². The Morgan fingerprint density at radius 1 is 1.12 bits per heavy atom. The van der Waals surface area contributed by atoms with Crippen LogP contribution >= 0.6 is 0 Å². The molecule has 6 nitrogen and oxygen atoms in total. The molecule has 2 amide bonds. The molecular formula is C18H30N2O4. The quantitative estimate of drug-likeness (QED) is 0.766. The number of likely N-dealkylation sites (tertiary alicyclic amines) is 1. The van der Waals surface area contributed by atoms with Gasteiger partial charge in [-0.15, -0.1) is 0 Å². The minimum absolute atomic E-state index is 0.00244. The summed E-state index contributed by atoms with van der Waals surface area (Å²) in [6.45, 7) is 9.58. The zero-order valence-electron chi connectivity index (χ0n) is 15.5. The average molecular weight is 338 g/mol. The van der Waals surface area contributed by atoms with Crippen LogP contribution in [0.5, 0.6) is 0 Å². The number of nitrogens with zero attached hydrogens (tertiary/aromatic N) is 1. The first-order chi connectivity index (χ1) is 11.0. The summed E-state index contributed by atoms with van der Waals surface area (Å²) < 4.78 is 0. The van der Waals surface area contributed by atoms with Gasteiger partial charge < -0.3 is 10.2 Å². The van der Waals surface area contributed by atoms with Gasteiger partial charge in [-0.25, -0.2) is 0 Å². The van der Waals surface area contributed by atoms with E-state index in [1.807, 2.05) is 20.8 Å². The third kappa shape index (κ3) is 5.73. The van der Waals surface area contributed by atoms with Gasteiger partial charge in [-0.2, -0.15) is 0 Å². The van der Waals surface area contributed by atoms with E-state index in [-0.39, 0.29) is 48.7 Å². The minimum atomic E-state index is -0.526. The fourth-order valence-electron chi connectivity index (χ4n) is 2.57. The van der Waals surface area contributed by atoms with E-state index in [1.54, 1.807) is 18.7 Å². The number of carbonyl (C=O) groups excluding carboxylic acids is 4. The summed E-state index contributed by atoms with van der Waals surface area (Å²) in [5.74, 6) is -0.568. The molecule has 0 saturated carbocycles. The van der Waals surface area contributed by atoms with Gasteiger partial charge in [0.05, 0.1) is 6.54 Å². The van der Waals surface area contributed by atoms with Crippen LogP contribution in [0.4, 0.5) is 0 Å². The van der Waals surface area contributed by atoms with Crippen molar-refractivity contribution in [3.05, 3.63) is 0 Å². The molecule has 0 aliphatic carbocycles. The normalized spacial score (nSPS) is 17.9. The SMILES string of the molecule is CC(C)C(=O)CNC(=O)[C@@H]1CCCN1C(=O)CCC(=O)C(C)(C)C. The van der Waals surface area contributed by atoms with Crippen LogP contribution in [0.25, 0.3) is 0 Å². The van der Waals surface area contributed by atoms with Gasteiger partial charge in [0, 0.05) is 30.7 Å². The van der Waals surface area contributed by atoms with Crippen molar-refractivity contribution >= 4 is 23.4 Å². The van der Waals surface area contributed by atoms with E-state index >= 15 is 0 Å². The summed E-state index contributed by atoms with van der Waals surface area (Å²) in [6.07, 6.45) is 1.68. The van der Waals surface area contributed by atoms with E-state index in [4.69, 9.17) is 0 Å². The van der Waals surface area contributed by atoms with Crippen molar-refractivity contribution in [3.63, 3.8) is 0 Å². The van der Waals surface area contributed by atoms with Gasteiger partial charge in [-0.3, -0.25) is 19.2 Å². The summed E-state index contributed by atoms with van der Waals surface area (Å²) in [6, 6.07) is -0.526. The fourth-order valence-corrected chi connectivity index (χ4v) is 2.57. The topological polar surface area (TPSA) is 83.6 Å². The van der Waals surface area contributed by atoms with Crippen LogP contribution in [0.15, 0.2) is 0 Å². The Labute approximate surface area is 144 Å². The first kappa shape index (κ1) is 20.3. The van der Waals surface area contributed by atoms with E-state index in [9.17, 15) is 19.2 Å². The monoisotopic (exact) mass is 338 g/mol. The zero-order chi connectivity index (χ0) is 18.5. The number of amides is 2. The molecule has 0 aromatic carbocycles. The van der Waals surface area contributed by atoms with Crippen LogP contribution in [0, 0.1) is 11.3 Å². The molecule has 1 rings (SSSR count). The maximum Gasteiger partial charge on any atom is 0.243 e. The van der Waals surface area contributed by atoms with Gasteiger partial charge in [0.2, 0.25) is 11.8 Å². The van der Waals surface area contributed by atoms with Crippen molar-refractivity contribution < 1.29 is 19.2 Å². The van der Waals surface area contributed by atoms with Gasteiger partial charge in [0.1, 0.15) is 11.8 Å². The number of carbonyl (C=O) groups is 4. The smallest absolute Gasteiger partial charge is 0.243 e. The highest BCUT2D eigenvalue weighted by Gasteiger charge is 2.34. The molecule has 1 aliphatic rings. The van der Waals surface area contributed by atoms with Crippen LogP contribution in [0.1, 0.15) is 60.3 Å². The molecule has 1 saturated heterocycles. The molecule has 6 heteroatoms. The Balaban J connectivity index is 2.55. The molecule has 1 heterocycles. The van der Waals surface area contributed by atoms with E-state index < -0.39 is 11.5 Å². The van der Waals surface area contributed by atoms with E-state index in [1.165, 1.54) is 0 Å². The summed E-state index contributed by atoms with van der Waals surface area (Å²) in [4.78, 5) is 49.7. The number of hydrogen-bond acceptors (Lipinski definition) is 4. The Morgan fingerprint density at radius 3 is 2.29 bits per heavy atom. The molecule has 1 fully saturated rings. The third-order valence-corrected chi connectivity index (χ3v) is 4.36. The highest BCUT2D eigenvalue weighted by atomic mass is 16.2. The average Bonchev–Trinajstić information content (AvgIpc) is 2.97. The molecule has 0 radical (unpaired) electrons. The molecule has 24 heavy (non-hydrogen) atoms. The van der Waals surface area contributed by atoms with Crippen LogP contribution < -0.4 is 5.32 Å². The van der Waals surface area contributed by atoms with Gasteiger partial charge >= 0.3 is 0 Å². The first-order valence-corrected chi connectivity index (χ1v) is 8.67. The molecular weight excluding hydrogens is 308 g/mol. The van der Waals surface area contributed by atoms with Crippen LogP contribution in [0.3, 0.4) is 0 Å². The van der Waals surface area contributed by atoms with Crippen molar-refractivity contribution in [2.24, 2.45) is 11.3 Å². The van der Waals surface area contributed by atoms with Gasteiger partial charge in [-0.1, -0.05) is 34.6 Å².